The fraction of sp³-hybridized carbons (Fsp3) is 0.971. The van der Waals surface area contributed by atoms with Crippen LogP contribution < -0.4 is 0 Å². The molecule has 0 aromatic rings. The number of carbonyl (C=O) groups is 1. The van der Waals surface area contributed by atoms with E-state index in [1.54, 1.807) is 6.92 Å². The maximum absolute atomic E-state index is 13.7. The van der Waals surface area contributed by atoms with Crippen LogP contribution in [0.4, 0.5) is 4.79 Å². The molecule has 1 heterocycles. The minimum Gasteiger partial charge on any atom is -0.420 e. The zero-order valence-corrected chi connectivity index (χ0v) is 28.2. The summed E-state index contributed by atoms with van der Waals surface area (Å²) in [6, 6.07) is 0. The van der Waals surface area contributed by atoms with Crippen LogP contribution in [0.15, 0.2) is 0 Å². The second kappa shape index (κ2) is 25.4. The molecule has 43 heavy (non-hydrogen) atoms. The predicted molar refractivity (Wildman–Crippen MR) is 174 cm³/mol. The summed E-state index contributed by atoms with van der Waals surface area (Å²) in [5, 5.41) is 42.0. The summed E-state index contributed by atoms with van der Waals surface area (Å²) in [5.74, 6) is 0. The summed E-state index contributed by atoms with van der Waals surface area (Å²) in [7, 11) is 0. The maximum Gasteiger partial charge on any atom is 0.518 e. The van der Waals surface area contributed by atoms with Gasteiger partial charge in [-0.3, -0.25) is 0 Å². The second-order valence-corrected chi connectivity index (χ2v) is 13.0. The van der Waals surface area contributed by atoms with Crippen LogP contribution in [0.25, 0.3) is 0 Å². The van der Waals surface area contributed by atoms with E-state index in [2.05, 4.69) is 13.8 Å². The third-order valence-corrected chi connectivity index (χ3v) is 9.31. The van der Waals surface area contributed by atoms with Crippen LogP contribution in [0.5, 0.6) is 0 Å². The lowest BCUT2D eigenvalue weighted by Gasteiger charge is -2.48. The van der Waals surface area contributed by atoms with Gasteiger partial charge in [-0.15, -0.1) is 0 Å². The Hall–Kier alpha value is -0.770. The Labute approximate surface area is 264 Å². The van der Waals surface area contributed by atoms with Gasteiger partial charge in [0, 0.05) is 0 Å². The molecular formula is C35H70NO7+. The SMILES string of the molecule is CCCCCCCCCCCCCC[N+](CCCCCCCCCCCC)(C(=O)OCC)C1O[C@H](CO)[C@@H](O)[C@H](O)[C@H]1O. The van der Waals surface area contributed by atoms with Gasteiger partial charge in [-0.2, -0.15) is 9.28 Å². The number of aliphatic hydroxyl groups is 4. The zero-order valence-electron chi connectivity index (χ0n) is 28.2. The molecule has 0 aliphatic carbocycles. The van der Waals surface area contributed by atoms with E-state index in [-0.39, 0.29) is 11.1 Å². The zero-order chi connectivity index (χ0) is 31.8. The standard InChI is InChI=1S/C35H70NO7/c1-4-7-9-11-13-15-17-18-20-22-24-26-28-36(35(41)42-6-3,27-25-23-21-19-16-14-12-10-8-5-2)34-33(40)32(39)31(38)30(29-37)43-34/h30-34,37-40H,4-29H2,1-3H3/q+1/t30-,31-,32+,33-,34?,36?/m1/s1. The van der Waals surface area contributed by atoms with Gasteiger partial charge in [0.05, 0.1) is 26.3 Å². The van der Waals surface area contributed by atoms with Gasteiger partial charge >= 0.3 is 6.09 Å². The van der Waals surface area contributed by atoms with Crippen molar-refractivity contribution < 1.29 is 39.2 Å². The summed E-state index contributed by atoms with van der Waals surface area (Å²) in [6.07, 6.45) is 19.1. The molecule has 1 amide bonds. The Kier molecular flexibility index (Phi) is 23.8. The lowest BCUT2D eigenvalue weighted by Crippen LogP contribution is -2.72. The molecule has 0 saturated carbocycles. The van der Waals surface area contributed by atoms with Crippen LogP contribution in [-0.2, 0) is 9.47 Å². The van der Waals surface area contributed by atoms with E-state index in [9.17, 15) is 25.2 Å². The molecule has 1 saturated heterocycles. The van der Waals surface area contributed by atoms with Crippen LogP contribution in [0.1, 0.15) is 162 Å². The van der Waals surface area contributed by atoms with Crippen LogP contribution in [0, 0.1) is 0 Å². The molecule has 0 spiro atoms. The Bertz CT molecular complexity index is 664. The summed E-state index contributed by atoms with van der Waals surface area (Å²) in [6.45, 7) is 6.79. The van der Waals surface area contributed by atoms with Crippen LogP contribution in [-0.4, -0.2) is 87.9 Å². The van der Waals surface area contributed by atoms with E-state index in [1.165, 1.54) is 103 Å². The quantitative estimate of drug-likeness (QED) is 0.0562. The van der Waals surface area contributed by atoms with Gasteiger partial charge in [0.25, 0.3) is 0 Å². The van der Waals surface area contributed by atoms with E-state index in [4.69, 9.17) is 9.47 Å². The van der Waals surface area contributed by atoms with E-state index < -0.39 is 43.3 Å². The number of ether oxygens (including phenoxy) is 2. The number of amides is 1. The van der Waals surface area contributed by atoms with Gasteiger partial charge in [-0.05, 0) is 32.6 Å². The number of hydrogen-bond acceptors (Lipinski definition) is 7. The van der Waals surface area contributed by atoms with Gasteiger partial charge in [-0.25, -0.2) is 0 Å². The van der Waals surface area contributed by atoms with E-state index >= 15 is 0 Å². The largest absolute Gasteiger partial charge is 0.518 e. The average Bonchev–Trinajstić information content (AvgIpc) is 3.00. The van der Waals surface area contributed by atoms with E-state index in [0.717, 1.165) is 38.5 Å². The number of aliphatic hydroxyl groups excluding tert-OH is 4. The van der Waals surface area contributed by atoms with E-state index in [0.29, 0.717) is 13.1 Å². The summed E-state index contributed by atoms with van der Waals surface area (Å²) >= 11 is 0. The lowest BCUT2D eigenvalue weighted by atomic mass is 9.96. The minimum atomic E-state index is -1.52. The second-order valence-electron chi connectivity index (χ2n) is 13.0. The lowest BCUT2D eigenvalue weighted by molar-refractivity contribution is -0.915. The fourth-order valence-electron chi connectivity index (χ4n) is 6.51. The molecule has 1 aliphatic heterocycles. The minimum absolute atomic E-state index is 0.201. The first kappa shape index (κ1) is 40.3. The Balaban J connectivity index is 2.77. The van der Waals surface area contributed by atoms with Crippen molar-refractivity contribution in [3.05, 3.63) is 0 Å². The number of quaternary nitrogens is 1. The third-order valence-electron chi connectivity index (χ3n) is 9.31. The van der Waals surface area contributed by atoms with Crippen molar-refractivity contribution in [2.45, 2.75) is 193 Å². The summed E-state index contributed by atoms with van der Waals surface area (Å²) in [5.41, 5.74) is 0. The number of hydrogen-bond donors (Lipinski definition) is 4. The van der Waals surface area contributed by atoms with Gasteiger partial charge in [0.2, 0.25) is 6.23 Å². The number of carbonyl (C=O) groups excluding carboxylic acids is 1. The molecule has 1 fully saturated rings. The molecular weight excluding hydrogens is 546 g/mol. The first-order valence-corrected chi connectivity index (χ1v) is 18.2. The normalized spacial score (nSPS) is 23.7. The van der Waals surface area contributed by atoms with Gasteiger partial charge in [-0.1, -0.05) is 129 Å². The number of unbranched alkanes of at least 4 members (excludes halogenated alkanes) is 20. The van der Waals surface area contributed by atoms with Crippen LogP contribution in [0.3, 0.4) is 0 Å². The summed E-state index contributed by atoms with van der Waals surface area (Å²) < 4.78 is 11.4. The van der Waals surface area contributed by atoms with Crippen molar-refractivity contribution >= 4 is 6.09 Å². The molecule has 0 aromatic carbocycles. The van der Waals surface area contributed by atoms with Gasteiger partial charge in [0.1, 0.15) is 18.3 Å². The molecule has 0 aromatic heterocycles. The first-order chi connectivity index (χ1) is 20.9. The maximum atomic E-state index is 13.7. The van der Waals surface area contributed by atoms with Crippen molar-refractivity contribution in [3.8, 4) is 0 Å². The van der Waals surface area contributed by atoms with Crippen molar-refractivity contribution in [2.24, 2.45) is 0 Å². The molecule has 256 valence electrons. The molecule has 6 atom stereocenters. The molecule has 8 heteroatoms. The molecule has 0 radical (unpaired) electrons. The predicted octanol–water partition coefficient (Wildman–Crippen LogP) is 7.38. The molecule has 2 unspecified atom stereocenters. The van der Waals surface area contributed by atoms with Crippen molar-refractivity contribution in [1.29, 1.82) is 0 Å². The highest BCUT2D eigenvalue weighted by atomic mass is 16.6. The highest BCUT2D eigenvalue weighted by Gasteiger charge is 2.57. The molecule has 8 nitrogen and oxygen atoms in total. The van der Waals surface area contributed by atoms with Crippen LogP contribution in [0.2, 0.25) is 0 Å². The van der Waals surface area contributed by atoms with Gasteiger partial charge < -0.3 is 29.9 Å². The highest BCUT2D eigenvalue weighted by molar-refractivity contribution is 5.60. The Morgan fingerprint density at radius 3 is 1.30 bits per heavy atom. The highest BCUT2D eigenvalue weighted by Crippen LogP contribution is 2.32. The number of nitrogens with zero attached hydrogens (tertiary/aromatic N) is 1. The van der Waals surface area contributed by atoms with Gasteiger partial charge in [0.15, 0.2) is 6.10 Å². The number of rotatable bonds is 27. The van der Waals surface area contributed by atoms with Crippen LogP contribution >= 0.6 is 0 Å². The fourth-order valence-corrected chi connectivity index (χ4v) is 6.51. The average molecular weight is 617 g/mol. The molecule has 1 rings (SSSR count). The Morgan fingerprint density at radius 1 is 0.581 bits per heavy atom. The van der Waals surface area contributed by atoms with E-state index in [1.807, 2.05) is 0 Å². The Morgan fingerprint density at radius 2 is 0.953 bits per heavy atom. The topological polar surface area (TPSA) is 116 Å². The van der Waals surface area contributed by atoms with Crippen molar-refractivity contribution in [2.75, 3.05) is 26.3 Å². The molecule has 0 bridgehead atoms. The van der Waals surface area contributed by atoms with Crippen molar-refractivity contribution in [3.63, 3.8) is 0 Å². The van der Waals surface area contributed by atoms with Crippen molar-refractivity contribution in [1.82, 2.24) is 0 Å². The molecule has 1 aliphatic rings. The smallest absolute Gasteiger partial charge is 0.420 e. The monoisotopic (exact) mass is 617 g/mol. The summed E-state index contributed by atoms with van der Waals surface area (Å²) in [4.78, 5) is 13.7. The third kappa shape index (κ3) is 15.4. The first-order valence-electron chi connectivity index (χ1n) is 18.2. The molecule has 4 N–H and O–H groups in total.